The monoisotopic (exact) mass is 524 g/mol. The first kappa shape index (κ1) is 26.3. The molecule has 0 spiro atoms. The first-order valence-corrected chi connectivity index (χ1v) is 13.6. The molecule has 1 aromatic carbocycles. The van der Waals surface area contributed by atoms with Crippen molar-refractivity contribution in [1.29, 1.82) is 0 Å². The fourth-order valence-corrected chi connectivity index (χ4v) is 6.98. The van der Waals surface area contributed by atoms with E-state index in [9.17, 15) is 14.4 Å². The van der Waals surface area contributed by atoms with Crippen LogP contribution < -0.4 is 5.73 Å². The van der Waals surface area contributed by atoms with Crippen LogP contribution in [0.15, 0.2) is 53.2 Å². The maximum atomic E-state index is 14.1. The Morgan fingerprint density at radius 1 is 1.03 bits per heavy atom. The minimum atomic E-state index is -0.992. The van der Waals surface area contributed by atoms with Crippen LogP contribution in [-0.4, -0.2) is 42.3 Å². The van der Waals surface area contributed by atoms with E-state index in [-0.39, 0.29) is 23.7 Å². The summed E-state index contributed by atoms with van der Waals surface area (Å²) in [5, 5.41) is 3.81. The molecule has 1 fully saturated rings. The molecule has 0 radical (unpaired) electrons. The van der Waals surface area contributed by atoms with Gasteiger partial charge in [-0.2, -0.15) is 0 Å². The van der Waals surface area contributed by atoms with Crippen molar-refractivity contribution < 1.29 is 19.1 Å². The third kappa shape index (κ3) is 4.77. The molecular formula is C28H32N2O4S2. The van der Waals surface area contributed by atoms with E-state index in [1.54, 1.807) is 6.07 Å². The second-order valence-corrected chi connectivity index (χ2v) is 12.2. The Hall–Kier alpha value is -2.81. The largest absolute Gasteiger partial charge is 0.375 e. The number of carbonyl (C=O) groups excluding carboxylic acids is 3. The fraction of sp³-hybridized carbons (Fsp3) is 0.393. The number of rotatable bonds is 7. The third-order valence-corrected chi connectivity index (χ3v) is 8.89. The molecule has 2 aromatic heterocycles. The van der Waals surface area contributed by atoms with Crippen LogP contribution in [0.3, 0.4) is 0 Å². The molecule has 0 saturated carbocycles. The van der Waals surface area contributed by atoms with Crippen LogP contribution in [0.1, 0.15) is 64.0 Å². The second kappa shape index (κ2) is 10.3. The molecule has 0 aliphatic carbocycles. The van der Waals surface area contributed by atoms with Crippen molar-refractivity contribution in [1.82, 2.24) is 4.90 Å². The van der Waals surface area contributed by atoms with Crippen LogP contribution in [-0.2, 0) is 19.7 Å². The molecule has 1 aliphatic heterocycles. The highest BCUT2D eigenvalue weighted by molar-refractivity contribution is 7.12. The Balaban J connectivity index is 1.96. The molecule has 3 aromatic rings. The number of amides is 2. The summed E-state index contributed by atoms with van der Waals surface area (Å²) in [7, 11) is 1.44. The van der Waals surface area contributed by atoms with Crippen LogP contribution in [0.4, 0.5) is 0 Å². The molecule has 2 N–H and O–H groups in total. The topological polar surface area (TPSA) is 89.7 Å². The van der Waals surface area contributed by atoms with Crippen molar-refractivity contribution in [2.75, 3.05) is 13.7 Å². The third-order valence-electron chi connectivity index (χ3n) is 6.91. The molecule has 1 aliphatic rings. The summed E-state index contributed by atoms with van der Waals surface area (Å²) in [4.78, 5) is 43.7. The predicted molar refractivity (Wildman–Crippen MR) is 144 cm³/mol. The van der Waals surface area contributed by atoms with Gasteiger partial charge in [-0.1, -0.05) is 51.1 Å². The molecule has 6 nitrogen and oxygen atoms in total. The van der Waals surface area contributed by atoms with Crippen molar-refractivity contribution in [3.8, 4) is 0 Å². The molecule has 36 heavy (non-hydrogen) atoms. The van der Waals surface area contributed by atoms with Crippen molar-refractivity contribution in [2.24, 2.45) is 11.7 Å². The van der Waals surface area contributed by atoms with Gasteiger partial charge in [0.1, 0.15) is 12.6 Å². The number of likely N-dealkylation sites (tertiary alicyclic amines) is 1. The number of carbonyl (C=O) groups is 3. The number of thiophene rings is 2. The quantitative estimate of drug-likeness (QED) is 0.437. The van der Waals surface area contributed by atoms with Crippen LogP contribution in [0.25, 0.3) is 0 Å². The lowest BCUT2D eigenvalue weighted by molar-refractivity contribution is -0.142. The number of Topliss-reactive ketones (excluding diaryl/α,β-unsaturated/α-hetero) is 1. The van der Waals surface area contributed by atoms with Crippen molar-refractivity contribution in [3.05, 3.63) is 79.7 Å². The zero-order valence-corrected chi connectivity index (χ0v) is 22.8. The normalized spacial score (nSPS) is 22.1. The average molecular weight is 525 g/mol. The average Bonchev–Trinajstić information content (AvgIpc) is 3.56. The molecule has 3 heterocycles. The molecule has 8 heteroatoms. The number of ketones is 1. The summed E-state index contributed by atoms with van der Waals surface area (Å²) in [6.07, 6.45) is 0. The number of hydrogen-bond donors (Lipinski definition) is 1. The lowest BCUT2D eigenvalue weighted by Crippen LogP contribution is -2.47. The molecule has 4 rings (SSSR count). The van der Waals surface area contributed by atoms with E-state index in [1.165, 1.54) is 34.7 Å². The summed E-state index contributed by atoms with van der Waals surface area (Å²) in [6, 6.07) is 12.0. The van der Waals surface area contributed by atoms with E-state index in [4.69, 9.17) is 10.5 Å². The van der Waals surface area contributed by atoms with E-state index in [1.807, 2.05) is 54.1 Å². The van der Waals surface area contributed by atoms with Gasteiger partial charge in [-0.25, -0.2) is 0 Å². The van der Waals surface area contributed by atoms with Crippen LogP contribution in [0, 0.1) is 12.8 Å². The number of nitrogens with two attached hydrogens (primary N) is 1. The Morgan fingerprint density at radius 3 is 2.22 bits per heavy atom. The second-order valence-electron chi connectivity index (χ2n) is 10.3. The summed E-state index contributed by atoms with van der Waals surface area (Å²) in [5.41, 5.74) is 8.87. The Bertz CT molecular complexity index is 1240. The summed E-state index contributed by atoms with van der Waals surface area (Å²) in [6.45, 7) is 8.15. The van der Waals surface area contributed by atoms with Gasteiger partial charge in [0.25, 0.3) is 0 Å². The Labute approximate surface area is 220 Å². The SMILES string of the molecule is COCC(=O)N1C(C(N)=O)C(c2ccc(C(C)(C)C)cc2)C(C(=O)c2cccs2)C1c1sccc1C. The Kier molecular flexibility index (Phi) is 7.50. The number of hydrogen-bond acceptors (Lipinski definition) is 6. The standard InChI is InChI=1S/C28H32N2O4S2/c1-16-12-14-36-26(16)23-22(25(32)19-7-6-13-35-19)21(17-8-10-18(11-9-17)28(2,3)4)24(27(29)33)30(23)20(31)15-34-5/h6-14,21-24H,15H2,1-5H3,(H2,29,33). The highest BCUT2D eigenvalue weighted by Gasteiger charge is 2.57. The fourth-order valence-electron chi connectivity index (χ4n) is 5.20. The zero-order chi connectivity index (χ0) is 26.2. The van der Waals surface area contributed by atoms with Crippen LogP contribution >= 0.6 is 22.7 Å². The van der Waals surface area contributed by atoms with Gasteiger partial charge in [0.2, 0.25) is 11.8 Å². The predicted octanol–water partition coefficient (Wildman–Crippen LogP) is 5.08. The maximum Gasteiger partial charge on any atom is 0.249 e. The van der Waals surface area contributed by atoms with E-state index in [2.05, 4.69) is 20.8 Å². The molecule has 4 atom stereocenters. The minimum Gasteiger partial charge on any atom is -0.375 e. The van der Waals surface area contributed by atoms with Gasteiger partial charge in [0.15, 0.2) is 5.78 Å². The molecule has 0 bridgehead atoms. The number of nitrogens with zero attached hydrogens (tertiary/aromatic N) is 1. The summed E-state index contributed by atoms with van der Waals surface area (Å²) in [5.74, 6) is -2.37. The lowest BCUT2D eigenvalue weighted by atomic mass is 9.77. The number of benzene rings is 1. The minimum absolute atomic E-state index is 0.0550. The lowest BCUT2D eigenvalue weighted by Gasteiger charge is -2.30. The van der Waals surface area contributed by atoms with Crippen molar-refractivity contribution in [2.45, 2.75) is 51.1 Å². The van der Waals surface area contributed by atoms with Crippen LogP contribution in [0.2, 0.25) is 0 Å². The van der Waals surface area contributed by atoms with Gasteiger partial charge >= 0.3 is 0 Å². The molecular weight excluding hydrogens is 492 g/mol. The molecule has 1 saturated heterocycles. The number of ether oxygens (including phenoxy) is 1. The van der Waals surface area contributed by atoms with E-state index in [0.29, 0.717) is 4.88 Å². The first-order valence-electron chi connectivity index (χ1n) is 11.9. The van der Waals surface area contributed by atoms with E-state index < -0.39 is 29.8 Å². The molecule has 2 amide bonds. The summed E-state index contributed by atoms with van der Waals surface area (Å²) >= 11 is 2.85. The van der Waals surface area contributed by atoms with Gasteiger partial charge in [-0.05, 0) is 51.9 Å². The molecule has 4 unspecified atom stereocenters. The zero-order valence-electron chi connectivity index (χ0n) is 21.2. The number of aryl methyl sites for hydroxylation is 1. The van der Waals surface area contributed by atoms with Gasteiger partial charge in [0, 0.05) is 17.9 Å². The summed E-state index contributed by atoms with van der Waals surface area (Å²) < 4.78 is 5.18. The van der Waals surface area contributed by atoms with Gasteiger partial charge < -0.3 is 15.4 Å². The molecule has 190 valence electrons. The van der Waals surface area contributed by atoms with Gasteiger partial charge in [-0.3, -0.25) is 14.4 Å². The van der Waals surface area contributed by atoms with Crippen molar-refractivity contribution >= 4 is 40.3 Å². The smallest absolute Gasteiger partial charge is 0.249 e. The highest BCUT2D eigenvalue weighted by Crippen LogP contribution is 2.53. The highest BCUT2D eigenvalue weighted by atomic mass is 32.1. The Morgan fingerprint density at radius 2 is 1.72 bits per heavy atom. The van der Waals surface area contributed by atoms with E-state index >= 15 is 0 Å². The van der Waals surface area contributed by atoms with Crippen LogP contribution in [0.5, 0.6) is 0 Å². The maximum absolute atomic E-state index is 14.1. The number of primary amides is 1. The van der Waals surface area contributed by atoms with Gasteiger partial charge in [0.05, 0.1) is 16.8 Å². The number of methoxy groups -OCH3 is 1. The van der Waals surface area contributed by atoms with E-state index in [0.717, 1.165) is 21.6 Å². The van der Waals surface area contributed by atoms with Gasteiger partial charge in [-0.15, -0.1) is 22.7 Å². The first-order chi connectivity index (χ1) is 17.1. The van der Waals surface area contributed by atoms with Crippen molar-refractivity contribution in [3.63, 3.8) is 0 Å².